The van der Waals surface area contributed by atoms with Gasteiger partial charge < -0.3 is 10.6 Å². The minimum absolute atomic E-state index is 0.207. The predicted octanol–water partition coefficient (Wildman–Crippen LogP) is 2.80. The van der Waals surface area contributed by atoms with Crippen LogP contribution >= 0.6 is 0 Å². The lowest BCUT2D eigenvalue weighted by Gasteiger charge is -2.28. The maximum absolute atomic E-state index is 14.2. The number of aromatic nitrogens is 1. The molecule has 1 aromatic heterocycles. The fourth-order valence-corrected chi connectivity index (χ4v) is 1.98. The molecule has 0 fully saturated rings. The molecule has 2 N–H and O–H groups in total. The molecule has 0 amide bonds. The van der Waals surface area contributed by atoms with Crippen LogP contribution in [0.1, 0.15) is 33.3 Å². The summed E-state index contributed by atoms with van der Waals surface area (Å²) in [6, 6.07) is 1.64. The fraction of sp³-hybridized carbons (Fsp3) is 0.643. The third kappa shape index (κ3) is 3.95. The number of rotatable bonds is 6. The van der Waals surface area contributed by atoms with Gasteiger partial charge in [0.15, 0.2) is 11.6 Å². The molecule has 0 aromatic carbocycles. The van der Waals surface area contributed by atoms with Gasteiger partial charge in [0.1, 0.15) is 0 Å². The van der Waals surface area contributed by atoms with Crippen molar-refractivity contribution in [3.63, 3.8) is 0 Å². The third-order valence-electron chi connectivity index (χ3n) is 2.64. The zero-order valence-electron chi connectivity index (χ0n) is 11.8. The monoisotopic (exact) mass is 253 g/mol. The van der Waals surface area contributed by atoms with Gasteiger partial charge in [-0.2, -0.15) is 0 Å². The van der Waals surface area contributed by atoms with Gasteiger partial charge in [-0.3, -0.25) is 0 Å². The average Bonchev–Trinajstić information content (AvgIpc) is 2.27. The van der Waals surface area contributed by atoms with Gasteiger partial charge in [0.05, 0.1) is 0 Å². The Hall–Kier alpha value is -1.16. The van der Waals surface area contributed by atoms with E-state index >= 15 is 0 Å². The molecule has 3 nitrogen and oxygen atoms in total. The quantitative estimate of drug-likeness (QED) is 0.847. The molecule has 0 aliphatic rings. The molecule has 0 aliphatic heterocycles. The topological polar surface area (TPSA) is 42.2 Å². The van der Waals surface area contributed by atoms with Crippen LogP contribution in [0.25, 0.3) is 0 Å². The fourth-order valence-electron chi connectivity index (χ4n) is 1.98. The number of nitrogens with two attached hydrogens (primary N) is 1. The second-order valence-corrected chi connectivity index (χ2v) is 5.50. The largest absolute Gasteiger partial charge is 0.354 e. The normalized spacial score (nSPS) is 11.3. The summed E-state index contributed by atoms with van der Waals surface area (Å²) in [7, 11) is 0. The molecule has 102 valence electrons. The number of nitrogens with zero attached hydrogens (tertiary/aromatic N) is 2. The van der Waals surface area contributed by atoms with Crippen molar-refractivity contribution in [1.29, 1.82) is 0 Å². The molecule has 1 heterocycles. The van der Waals surface area contributed by atoms with E-state index in [9.17, 15) is 4.39 Å². The highest BCUT2D eigenvalue weighted by Crippen LogP contribution is 2.21. The van der Waals surface area contributed by atoms with Crippen molar-refractivity contribution in [1.82, 2.24) is 4.98 Å². The molecule has 0 atom stereocenters. The summed E-state index contributed by atoms with van der Waals surface area (Å²) >= 11 is 0. The van der Waals surface area contributed by atoms with Crippen LogP contribution in [-0.2, 0) is 6.54 Å². The van der Waals surface area contributed by atoms with Crippen LogP contribution in [0.5, 0.6) is 0 Å². The summed E-state index contributed by atoms with van der Waals surface area (Å²) < 4.78 is 14.2. The van der Waals surface area contributed by atoms with E-state index in [4.69, 9.17) is 5.73 Å². The second-order valence-electron chi connectivity index (χ2n) is 5.50. The van der Waals surface area contributed by atoms with Crippen molar-refractivity contribution < 1.29 is 4.39 Å². The van der Waals surface area contributed by atoms with Crippen LogP contribution < -0.4 is 10.6 Å². The van der Waals surface area contributed by atoms with E-state index in [2.05, 4.69) is 32.7 Å². The molecule has 1 aromatic rings. The van der Waals surface area contributed by atoms with Crippen molar-refractivity contribution in [2.24, 2.45) is 17.6 Å². The molecule has 0 radical (unpaired) electrons. The van der Waals surface area contributed by atoms with Gasteiger partial charge in [0.25, 0.3) is 0 Å². The first-order valence-corrected chi connectivity index (χ1v) is 6.54. The minimum Gasteiger partial charge on any atom is -0.354 e. The lowest BCUT2D eigenvalue weighted by molar-refractivity contribution is 0.528. The Morgan fingerprint density at radius 2 is 1.78 bits per heavy atom. The van der Waals surface area contributed by atoms with Crippen LogP contribution in [0, 0.1) is 17.7 Å². The van der Waals surface area contributed by atoms with Crippen molar-refractivity contribution in [3.05, 3.63) is 23.6 Å². The molecule has 0 saturated carbocycles. The number of hydrogen-bond donors (Lipinski definition) is 1. The molecule has 0 spiro atoms. The summed E-state index contributed by atoms with van der Waals surface area (Å²) in [5.41, 5.74) is 6.06. The first-order chi connectivity index (χ1) is 8.45. The van der Waals surface area contributed by atoms with E-state index in [1.165, 1.54) is 0 Å². The Labute approximate surface area is 109 Å². The zero-order chi connectivity index (χ0) is 13.7. The zero-order valence-corrected chi connectivity index (χ0v) is 11.8. The third-order valence-corrected chi connectivity index (χ3v) is 2.64. The van der Waals surface area contributed by atoms with Gasteiger partial charge in [-0.25, -0.2) is 9.37 Å². The number of anilines is 1. The number of halogens is 1. The second kappa shape index (κ2) is 6.69. The maximum atomic E-state index is 14.2. The summed E-state index contributed by atoms with van der Waals surface area (Å²) in [6.07, 6.45) is 1.63. The summed E-state index contributed by atoms with van der Waals surface area (Å²) in [6.45, 7) is 10.3. The van der Waals surface area contributed by atoms with Crippen molar-refractivity contribution in [3.8, 4) is 0 Å². The summed E-state index contributed by atoms with van der Waals surface area (Å²) in [4.78, 5) is 6.21. The Balaban J connectivity index is 3.03. The SMILES string of the molecule is CC(C)CN(CC(C)C)c1nccc(CN)c1F. The predicted molar refractivity (Wildman–Crippen MR) is 74.0 cm³/mol. The van der Waals surface area contributed by atoms with E-state index in [1.54, 1.807) is 12.3 Å². The van der Waals surface area contributed by atoms with E-state index in [1.807, 2.05) is 4.90 Å². The van der Waals surface area contributed by atoms with Crippen LogP contribution in [0.4, 0.5) is 10.2 Å². The smallest absolute Gasteiger partial charge is 0.170 e. The van der Waals surface area contributed by atoms with Gasteiger partial charge in [0, 0.05) is 31.4 Å². The first kappa shape index (κ1) is 14.9. The van der Waals surface area contributed by atoms with Crippen LogP contribution in [0.2, 0.25) is 0 Å². The molecule has 0 bridgehead atoms. The van der Waals surface area contributed by atoms with E-state index in [0.717, 1.165) is 13.1 Å². The lowest BCUT2D eigenvalue weighted by Crippen LogP contribution is -2.33. The highest BCUT2D eigenvalue weighted by molar-refractivity contribution is 5.43. The standard InChI is InChI=1S/C14H24FN3/c1-10(2)8-18(9-11(3)4)14-13(15)12(7-16)5-6-17-14/h5-6,10-11H,7-9,16H2,1-4H3. The Morgan fingerprint density at radius 3 is 2.22 bits per heavy atom. The average molecular weight is 253 g/mol. The van der Waals surface area contributed by atoms with Crippen LogP contribution in [-0.4, -0.2) is 18.1 Å². The molecule has 18 heavy (non-hydrogen) atoms. The van der Waals surface area contributed by atoms with Crippen LogP contribution in [0.3, 0.4) is 0 Å². The van der Waals surface area contributed by atoms with Crippen molar-refractivity contribution >= 4 is 5.82 Å². The highest BCUT2D eigenvalue weighted by atomic mass is 19.1. The lowest BCUT2D eigenvalue weighted by atomic mass is 10.1. The van der Waals surface area contributed by atoms with Crippen molar-refractivity contribution in [2.75, 3.05) is 18.0 Å². The minimum atomic E-state index is -0.277. The Bertz CT molecular complexity index is 367. The molecule has 1 rings (SSSR count). The van der Waals surface area contributed by atoms with Gasteiger partial charge in [-0.1, -0.05) is 27.7 Å². The van der Waals surface area contributed by atoms with E-state index in [0.29, 0.717) is 23.2 Å². The van der Waals surface area contributed by atoms with Crippen LogP contribution in [0.15, 0.2) is 12.3 Å². The van der Waals surface area contributed by atoms with Gasteiger partial charge in [0.2, 0.25) is 0 Å². The Kier molecular flexibility index (Phi) is 5.54. The molecule has 0 saturated heterocycles. The molecular formula is C14H24FN3. The molecule has 0 unspecified atom stereocenters. The van der Waals surface area contributed by atoms with Gasteiger partial charge in [-0.15, -0.1) is 0 Å². The summed E-state index contributed by atoms with van der Waals surface area (Å²) in [5.74, 6) is 1.08. The molecular weight excluding hydrogens is 229 g/mol. The molecule has 0 aliphatic carbocycles. The Morgan fingerprint density at radius 1 is 1.22 bits per heavy atom. The molecule has 4 heteroatoms. The van der Waals surface area contributed by atoms with Gasteiger partial charge in [-0.05, 0) is 17.9 Å². The van der Waals surface area contributed by atoms with E-state index < -0.39 is 0 Å². The highest BCUT2D eigenvalue weighted by Gasteiger charge is 2.17. The van der Waals surface area contributed by atoms with Gasteiger partial charge >= 0.3 is 0 Å². The summed E-state index contributed by atoms with van der Waals surface area (Å²) in [5, 5.41) is 0. The van der Waals surface area contributed by atoms with E-state index in [-0.39, 0.29) is 12.4 Å². The number of hydrogen-bond acceptors (Lipinski definition) is 3. The first-order valence-electron chi connectivity index (χ1n) is 6.54. The maximum Gasteiger partial charge on any atom is 0.170 e. The number of pyridine rings is 1. The van der Waals surface area contributed by atoms with Crippen molar-refractivity contribution in [2.45, 2.75) is 34.2 Å².